The monoisotopic (exact) mass is 325 g/mol. The van der Waals surface area contributed by atoms with Gasteiger partial charge in [0.25, 0.3) is 0 Å². The van der Waals surface area contributed by atoms with Gasteiger partial charge in [0.2, 0.25) is 0 Å². The molecule has 0 bridgehead atoms. The number of alkyl halides is 3. The first-order valence-corrected chi connectivity index (χ1v) is 5.37. The third-order valence-electron chi connectivity index (χ3n) is 1.61. The highest BCUT2D eigenvalue weighted by Gasteiger charge is 2.39. The van der Waals surface area contributed by atoms with Gasteiger partial charge in [0.15, 0.2) is 0 Å². The molecule has 1 rings (SSSR count). The summed E-state index contributed by atoms with van der Waals surface area (Å²) in [6, 6.07) is 1.15. The largest absolute Gasteiger partial charge is 0.471 e. The zero-order valence-electron chi connectivity index (χ0n) is 7.63. The van der Waals surface area contributed by atoms with Crippen LogP contribution in [0.25, 0.3) is 0 Å². The van der Waals surface area contributed by atoms with Crippen molar-refractivity contribution in [2.24, 2.45) is 0 Å². The summed E-state index contributed by atoms with van der Waals surface area (Å²) in [6.45, 7) is 0. The molecule has 0 heterocycles. The number of benzene rings is 1. The van der Waals surface area contributed by atoms with E-state index in [1.807, 2.05) is 0 Å². The van der Waals surface area contributed by atoms with Gasteiger partial charge in [0, 0.05) is 0 Å². The van der Waals surface area contributed by atoms with Gasteiger partial charge in [-0.05, 0) is 6.07 Å². The SMILES string of the molecule is O=C(Nc1c(Cl)c(Cl)cc(Cl)c1Cl)C(F)(F)F. The van der Waals surface area contributed by atoms with Crippen molar-refractivity contribution in [2.75, 3.05) is 5.32 Å². The van der Waals surface area contributed by atoms with Gasteiger partial charge < -0.3 is 5.32 Å². The summed E-state index contributed by atoms with van der Waals surface area (Å²) in [7, 11) is 0. The zero-order chi connectivity index (χ0) is 13.4. The highest BCUT2D eigenvalue weighted by molar-refractivity contribution is 6.50. The molecule has 1 aromatic carbocycles. The van der Waals surface area contributed by atoms with E-state index in [1.54, 1.807) is 0 Å². The highest BCUT2D eigenvalue weighted by atomic mass is 35.5. The summed E-state index contributed by atoms with van der Waals surface area (Å²) < 4.78 is 36.1. The third kappa shape index (κ3) is 3.31. The van der Waals surface area contributed by atoms with Gasteiger partial charge in [-0.1, -0.05) is 46.4 Å². The van der Waals surface area contributed by atoms with Crippen LogP contribution in [-0.2, 0) is 4.79 Å². The van der Waals surface area contributed by atoms with Crippen molar-refractivity contribution in [1.82, 2.24) is 0 Å². The van der Waals surface area contributed by atoms with Gasteiger partial charge in [0.05, 0.1) is 25.8 Å². The Morgan fingerprint density at radius 2 is 1.47 bits per heavy atom. The Labute approximate surface area is 114 Å². The highest BCUT2D eigenvalue weighted by Crippen LogP contribution is 2.41. The molecule has 0 radical (unpaired) electrons. The van der Waals surface area contributed by atoms with Gasteiger partial charge in [-0.3, -0.25) is 4.79 Å². The number of nitrogens with one attached hydrogen (secondary N) is 1. The van der Waals surface area contributed by atoms with Gasteiger partial charge in [0.1, 0.15) is 0 Å². The Bertz CT molecular complexity index is 449. The molecule has 0 fully saturated rings. The molecule has 0 saturated heterocycles. The van der Waals surface area contributed by atoms with Crippen LogP contribution in [0.2, 0.25) is 20.1 Å². The lowest BCUT2D eigenvalue weighted by Crippen LogP contribution is -2.30. The van der Waals surface area contributed by atoms with Crippen LogP contribution in [0, 0.1) is 0 Å². The molecule has 0 saturated carbocycles. The van der Waals surface area contributed by atoms with Crippen LogP contribution in [0.4, 0.5) is 18.9 Å². The molecule has 2 nitrogen and oxygen atoms in total. The van der Waals surface area contributed by atoms with Crippen molar-refractivity contribution in [1.29, 1.82) is 0 Å². The van der Waals surface area contributed by atoms with E-state index in [9.17, 15) is 18.0 Å². The van der Waals surface area contributed by atoms with Crippen molar-refractivity contribution >= 4 is 58.0 Å². The van der Waals surface area contributed by atoms with E-state index in [4.69, 9.17) is 46.4 Å². The average Bonchev–Trinajstić information content (AvgIpc) is 2.20. The van der Waals surface area contributed by atoms with E-state index < -0.39 is 17.8 Å². The molecule has 17 heavy (non-hydrogen) atoms. The number of anilines is 1. The van der Waals surface area contributed by atoms with E-state index in [-0.39, 0.29) is 20.1 Å². The lowest BCUT2D eigenvalue weighted by molar-refractivity contribution is -0.167. The van der Waals surface area contributed by atoms with Crippen molar-refractivity contribution < 1.29 is 18.0 Å². The Morgan fingerprint density at radius 1 is 1.06 bits per heavy atom. The first-order chi connectivity index (χ1) is 7.64. The maximum atomic E-state index is 12.0. The maximum Gasteiger partial charge on any atom is 0.471 e. The van der Waals surface area contributed by atoms with E-state index in [0.717, 1.165) is 6.07 Å². The number of halogens is 7. The zero-order valence-corrected chi connectivity index (χ0v) is 10.7. The van der Waals surface area contributed by atoms with E-state index in [2.05, 4.69) is 0 Å². The first-order valence-electron chi connectivity index (χ1n) is 3.85. The van der Waals surface area contributed by atoms with Crippen LogP contribution in [0.15, 0.2) is 6.07 Å². The van der Waals surface area contributed by atoms with Gasteiger partial charge in [-0.2, -0.15) is 13.2 Å². The molecular weight excluding hydrogens is 325 g/mol. The summed E-state index contributed by atoms with van der Waals surface area (Å²) >= 11 is 22.4. The lowest BCUT2D eigenvalue weighted by atomic mass is 10.3. The summed E-state index contributed by atoms with van der Waals surface area (Å²) in [5.41, 5.74) is -0.479. The second-order valence-corrected chi connectivity index (χ2v) is 4.37. The maximum absolute atomic E-state index is 12.0. The van der Waals surface area contributed by atoms with Gasteiger partial charge >= 0.3 is 12.1 Å². The Hall–Kier alpha value is -0.360. The van der Waals surface area contributed by atoms with Crippen molar-refractivity contribution in [3.8, 4) is 0 Å². The number of amides is 1. The summed E-state index contributed by atoms with van der Waals surface area (Å²) in [6.07, 6.45) is -5.07. The van der Waals surface area contributed by atoms with Crippen LogP contribution >= 0.6 is 46.4 Å². The fourth-order valence-corrected chi connectivity index (χ4v) is 1.77. The van der Waals surface area contributed by atoms with Gasteiger partial charge in [-0.15, -0.1) is 0 Å². The molecule has 0 aliphatic rings. The molecule has 0 aromatic heterocycles. The minimum Gasteiger partial charge on any atom is -0.316 e. The predicted octanol–water partition coefficient (Wildman–Crippen LogP) is 4.80. The number of hydrogen-bond donors (Lipinski definition) is 1. The van der Waals surface area contributed by atoms with Crippen LogP contribution in [-0.4, -0.2) is 12.1 Å². The van der Waals surface area contributed by atoms with Crippen LogP contribution in [0.3, 0.4) is 0 Å². The molecule has 1 amide bonds. The Kier molecular flexibility index (Phi) is 4.41. The first kappa shape index (κ1) is 14.7. The molecule has 0 aliphatic heterocycles. The number of carbonyl (C=O) groups is 1. The molecule has 1 N–H and O–H groups in total. The van der Waals surface area contributed by atoms with E-state index >= 15 is 0 Å². The van der Waals surface area contributed by atoms with Gasteiger partial charge in [-0.25, -0.2) is 0 Å². The lowest BCUT2D eigenvalue weighted by Gasteiger charge is -2.12. The van der Waals surface area contributed by atoms with Crippen molar-refractivity contribution in [3.63, 3.8) is 0 Å². The molecular formula is C8H2Cl4F3NO. The van der Waals surface area contributed by atoms with Crippen molar-refractivity contribution in [2.45, 2.75) is 6.18 Å². The van der Waals surface area contributed by atoms with E-state index in [1.165, 1.54) is 5.32 Å². The molecule has 0 unspecified atom stereocenters. The molecule has 0 spiro atoms. The quantitative estimate of drug-likeness (QED) is 0.738. The average molecular weight is 327 g/mol. The normalized spacial score (nSPS) is 11.5. The smallest absolute Gasteiger partial charge is 0.316 e. The minimum atomic E-state index is -5.07. The molecule has 94 valence electrons. The number of rotatable bonds is 1. The topological polar surface area (TPSA) is 29.1 Å². The minimum absolute atomic E-state index is 0.126. The van der Waals surface area contributed by atoms with Crippen LogP contribution in [0.1, 0.15) is 0 Å². The molecule has 0 atom stereocenters. The second kappa shape index (κ2) is 5.10. The molecule has 1 aromatic rings. The Morgan fingerprint density at radius 3 is 1.82 bits per heavy atom. The summed E-state index contributed by atoms with van der Waals surface area (Å²) in [5.74, 6) is -2.22. The van der Waals surface area contributed by atoms with Crippen LogP contribution in [0.5, 0.6) is 0 Å². The summed E-state index contributed by atoms with van der Waals surface area (Å²) in [4.78, 5) is 10.7. The Balaban J connectivity index is 3.20. The van der Waals surface area contributed by atoms with Crippen molar-refractivity contribution in [3.05, 3.63) is 26.2 Å². The number of hydrogen-bond acceptors (Lipinski definition) is 1. The predicted molar refractivity (Wildman–Crippen MR) is 61.2 cm³/mol. The van der Waals surface area contributed by atoms with Crippen LogP contribution < -0.4 is 5.32 Å². The standard InChI is InChI=1S/C8H2Cl4F3NO/c9-2-1-3(10)5(12)6(4(2)11)16-7(17)8(13,14)15/h1H,(H,16,17). The molecule has 9 heteroatoms. The van der Waals surface area contributed by atoms with E-state index in [0.29, 0.717) is 0 Å². The molecule has 0 aliphatic carbocycles. The number of carbonyl (C=O) groups excluding carboxylic acids is 1. The fourth-order valence-electron chi connectivity index (χ4n) is 0.867. The summed E-state index contributed by atoms with van der Waals surface area (Å²) in [5, 5.41) is 0.609. The fraction of sp³-hybridized carbons (Fsp3) is 0.125. The third-order valence-corrected chi connectivity index (χ3v) is 3.18. The second-order valence-electron chi connectivity index (χ2n) is 2.80.